The maximum atomic E-state index is 6.16. The van der Waals surface area contributed by atoms with Gasteiger partial charge in [-0.15, -0.1) is 0 Å². The first kappa shape index (κ1) is 12.5. The summed E-state index contributed by atoms with van der Waals surface area (Å²) >= 11 is 12.3. The van der Waals surface area contributed by atoms with Crippen LogP contribution in [-0.2, 0) is 0 Å². The Balaban J connectivity index is 2.26. The Kier molecular flexibility index (Phi) is 3.00. The van der Waals surface area contributed by atoms with E-state index in [9.17, 15) is 0 Å². The van der Waals surface area contributed by atoms with Gasteiger partial charge in [0.2, 0.25) is 0 Å². The number of halogens is 2. The van der Waals surface area contributed by atoms with Crippen LogP contribution in [-0.4, -0.2) is 9.97 Å². The zero-order valence-corrected chi connectivity index (χ0v) is 12.1. The quantitative estimate of drug-likeness (QED) is 0.659. The number of nitrogens with zero attached hydrogens (tertiary/aromatic N) is 1. The predicted molar refractivity (Wildman–Crippen MR) is 81.0 cm³/mol. The molecule has 2 nitrogen and oxygen atoms in total. The number of hydrogen-bond donors (Lipinski definition) is 1. The first-order valence-electron chi connectivity index (χ1n) is 5.97. The minimum atomic E-state index is 0.603. The SMILES string of the molecule is Cc1cc(C)cc(-c2nc3c(Cl)ccc(Cl)c3[nH]2)c1. The molecule has 1 aromatic heterocycles. The zero-order valence-electron chi connectivity index (χ0n) is 10.6. The van der Waals surface area contributed by atoms with E-state index in [0.29, 0.717) is 15.6 Å². The van der Waals surface area contributed by atoms with Gasteiger partial charge in [0.1, 0.15) is 11.3 Å². The molecule has 19 heavy (non-hydrogen) atoms. The average molecular weight is 291 g/mol. The van der Waals surface area contributed by atoms with Gasteiger partial charge in [-0.1, -0.05) is 40.4 Å². The van der Waals surface area contributed by atoms with Crippen LogP contribution < -0.4 is 0 Å². The number of imidazole rings is 1. The summed E-state index contributed by atoms with van der Waals surface area (Å²) in [5, 5.41) is 1.23. The molecule has 0 saturated heterocycles. The highest BCUT2D eigenvalue weighted by atomic mass is 35.5. The van der Waals surface area contributed by atoms with Crippen LogP contribution in [0.5, 0.6) is 0 Å². The van der Waals surface area contributed by atoms with Crippen LogP contribution in [0.25, 0.3) is 22.4 Å². The highest BCUT2D eigenvalue weighted by molar-refractivity contribution is 6.39. The van der Waals surface area contributed by atoms with E-state index >= 15 is 0 Å². The Hall–Kier alpha value is -1.51. The summed E-state index contributed by atoms with van der Waals surface area (Å²) in [6.07, 6.45) is 0. The van der Waals surface area contributed by atoms with Crippen LogP contribution in [0.1, 0.15) is 11.1 Å². The molecule has 96 valence electrons. The summed E-state index contributed by atoms with van der Waals surface area (Å²) in [6, 6.07) is 9.85. The molecule has 3 rings (SSSR count). The number of H-pyrrole nitrogens is 1. The van der Waals surface area contributed by atoms with E-state index in [0.717, 1.165) is 16.9 Å². The molecule has 0 spiro atoms. The molecule has 0 aliphatic heterocycles. The second-order valence-electron chi connectivity index (χ2n) is 4.71. The molecular weight excluding hydrogens is 279 g/mol. The molecule has 0 fully saturated rings. The van der Waals surface area contributed by atoms with E-state index in [4.69, 9.17) is 23.2 Å². The molecule has 4 heteroatoms. The van der Waals surface area contributed by atoms with Crippen molar-refractivity contribution in [3.05, 3.63) is 51.5 Å². The van der Waals surface area contributed by atoms with Crippen molar-refractivity contribution in [2.24, 2.45) is 0 Å². The highest BCUT2D eigenvalue weighted by Crippen LogP contribution is 2.31. The van der Waals surface area contributed by atoms with E-state index in [-0.39, 0.29) is 0 Å². The Labute approximate surface area is 121 Å². The Morgan fingerprint density at radius 3 is 2.21 bits per heavy atom. The summed E-state index contributed by atoms with van der Waals surface area (Å²) in [4.78, 5) is 7.80. The van der Waals surface area contributed by atoms with Crippen LogP contribution in [0.2, 0.25) is 10.0 Å². The Morgan fingerprint density at radius 1 is 0.947 bits per heavy atom. The van der Waals surface area contributed by atoms with Crippen molar-refractivity contribution >= 4 is 34.2 Å². The van der Waals surface area contributed by atoms with Crippen molar-refractivity contribution in [3.8, 4) is 11.4 Å². The van der Waals surface area contributed by atoms with Gasteiger partial charge in [0, 0.05) is 5.56 Å². The van der Waals surface area contributed by atoms with Crippen LogP contribution >= 0.6 is 23.2 Å². The molecule has 1 N–H and O–H groups in total. The van der Waals surface area contributed by atoms with Gasteiger partial charge < -0.3 is 4.98 Å². The standard InChI is InChI=1S/C15H12Cl2N2/c1-8-5-9(2)7-10(6-8)15-18-13-11(16)3-4-12(17)14(13)19-15/h3-7H,1-2H3,(H,18,19). The van der Waals surface area contributed by atoms with Gasteiger partial charge in [0.15, 0.2) is 0 Å². The van der Waals surface area contributed by atoms with Gasteiger partial charge in [0.25, 0.3) is 0 Å². The third-order valence-corrected chi connectivity index (χ3v) is 3.66. The monoisotopic (exact) mass is 290 g/mol. The summed E-state index contributed by atoms with van der Waals surface area (Å²) in [5.74, 6) is 0.789. The second kappa shape index (κ2) is 4.55. The summed E-state index contributed by atoms with van der Waals surface area (Å²) in [7, 11) is 0. The van der Waals surface area contributed by atoms with Crippen molar-refractivity contribution in [2.45, 2.75) is 13.8 Å². The second-order valence-corrected chi connectivity index (χ2v) is 5.53. The van der Waals surface area contributed by atoms with Crippen molar-refractivity contribution in [1.29, 1.82) is 0 Å². The lowest BCUT2D eigenvalue weighted by Crippen LogP contribution is -1.84. The molecule has 2 aromatic carbocycles. The molecule has 3 aromatic rings. The lowest BCUT2D eigenvalue weighted by molar-refractivity contribution is 1.30. The maximum Gasteiger partial charge on any atom is 0.138 e. The fraction of sp³-hybridized carbons (Fsp3) is 0.133. The van der Waals surface area contributed by atoms with Gasteiger partial charge in [0.05, 0.1) is 15.6 Å². The van der Waals surface area contributed by atoms with Gasteiger partial charge in [-0.05, 0) is 38.1 Å². The number of nitrogens with one attached hydrogen (secondary N) is 1. The van der Waals surface area contributed by atoms with E-state index < -0.39 is 0 Å². The van der Waals surface area contributed by atoms with Crippen LogP contribution in [0.3, 0.4) is 0 Å². The topological polar surface area (TPSA) is 28.7 Å². The molecule has 0 aliphatic carbocycles. The zero-order chi connectivity index (χ0) is 13.6. The van der Waals surface area contributed by atoms with E-state index in [1.165, 1.54) is 11.1 Å². The molecule has 1 heterocycles. The minimum Gasteiger partial charge on any atom is -0.337 e. The number of aryl methyl sites for hydroxylation is 2. The molecule has 0 saturated carbocycles. The summed E-state index contributed by atoms with van der Waals surface area (Å²) in [6.45, 7) is 4.14. The number of benzene rings is 2. The van der Waals surface area contributed by atoms with Crippen molar-refractivity contribution in [3.63, 3.8) is 0 Å². The van der Waals surface area contributed by atoms with E-state index in [1.807, 2.05) is 0 Å². The fourth-order valence-electron chi connectivity index (χ4n) is 2.28. The molecule has 0 amide bonds. The van der Waals surface area contributed by atoms with Crippen molar-refractivity contribution < 1.29 is 0 Å². The molecule has 0 radical (unpaired) electrons. The van der Waals surface area contributed by atoms with Crippen LogP contribution in [0.15, 0.2) is 30.3 Å². The first-order chi connectivity index (χ1) is 9.04. The van der Waals surface area contributed by atoms with E-state index in [1.54, 1.807) is 12.1 Å². The van der Waals surface area contributed by atoms with Crippen molar-refractivity contribution in [2.75, 3.05) is 0 Å². The lowest BCUT2D eigenvalue weighted by Gasteiger charge is -2.01. The Morgan fingerprint density at radius 2 is 1.58 bits per heavy atom. The predicted octanol–water partition coefficient (Wildman–Crippen LogP) is 5.15. The lowest BCUT2D eigenvalue weighted by atomic mass is 10.1. The molecular formula is C15H12Cl2N2. The number of aromatic amines is 1. The average Bonchev–Trinajstić information content (AvgIpc) is 2.79. The largest absolute Gasteiger partial charge is 0.337 e. The Bertz CT molecular complexity index is 716. The first-order valence-corrected chi connectivity index (χ1v) is 6.72. The summed E-state index contributed by atoms with van der Waals surface area (Å²) in [5.41, 5.74) is 4.94. The smallest absolute Gasteiger partial charge is 0.138 e. The van der Waals surface area contributed by atoms with Gasteiger partial charge in [-0.3, -0.25) is 0 Å². The molecule has 0 aliphatic rings. The normalized spacial score (nSPS) is 11.2. The third-order valence-electron chi connectivity index (χ3n) is 3.04. The maximum absolute atomic E-state index is 6.16. The van der Waals surface area contributed by atoms with Gasteiger partial charge >= 0.3 is 0 Å². The molecule has 0 bridgehead atoms. The van der Waals surface area contributed by atoms with Gasteiger partial charge in [-0.2, -0.15) is 0 Å². The van der Waals surface area contributed by atoms with E-state index in [2.05, 4.69) is 42.0 Å². The number of rotatable bonds is 1. The fourth-order valence-corrected chi connectivity index (χ4v) is 2.68. The molecule has 0 atom stereocenters. The number of fused-ring (bicyclic) bond motifs is 1. The van der Waals surface area contributed by atoms with Crippen LogP contribution in [0.4, 0.5) is 0 Å². The van der Waals surface area contributed by atoms with Crippen LogP contribution in [0, 0.1) is 13.8 Å². The summed E-state index contributed by atoms with van der Waals surface area (Å²) < 4.78 is 0. The molecule has 0 unspecified atom stereocenters. The van der Waals surface area contributed by atoms with Gasteiger partial charge in [-0.25, -0.2) is 4.98 Å². The number of hydrogen-bond acceptors (Lipinski definition) is 1. The minimum absolute atomic E-state index is 0.603. The number of aromatic nitrogens is 2. The third kappa shape index (κ3) is 2.22. The van der Waals surface area contributed by atoms with Crippen molar-refractivity contribution in [1.82, 2.24) is 9.97 Å². The highest BCUT2D eigenvalue weighted by Gasteiger charge is 2.11.